The third kappa shape index (κ3) is 3.40. The maximum absolute atomic E-state index is 5.51. The molecule has 12 heavy (non-hydrogen) atoms. The Hall–Kier alpha value is -0.300. The largest absolute Gasteiger partial charge is 0.330 e. The molecule has 0 saturated carbocycles. The summed E-state index contributed by atoms with van der Waals surface area (Å²) in [6.45, 7) is 9.75. The van der Waals surface area contributed by atoms with Crippen LogP contribution in [0.2, 0.25) is 0 Å². The van der Waals surface area contributed by atoms with Gasteiger partial charge in [-0.25, -0.2) is 0 Å². The van der Waals surface area contributed by atoms with Crippen LogP contribution in [-0.2, 0) is 0 Å². The van der Waals surface area contributed by atoms with Crippen molar-refractivity contribution in [2.24, 2.45) is 17.1 Å². The van der Waals surface area contributed by atoms with E-state index in [9.17, 15) is 0 Å². The molecule has 0 aliphatic heterocycles. The van der Waals surface area contributed by atoms with Crippen LogP contribution in [0.15, 0.2) is 12.2 Å². The molecule has 1 nitrogen and oxygen atoms in total. The van der Waals surface area contributed by atoms with Crippen molar-refractivity contribution >= 4 is 0 Å². The van der Waals surface area contributed by atoms with Gasteiger partial charge < -0.3 is 5.73 Å². The molecule has 0 aliphatic carbocycles. The van der Waals surface area contributed by atoms with Crippen molar-refractivity contribution in [1.29, 1.82) is 0 Å². The molecular formula is C11H23N. The van der Waals surface area contributed by atoms with Crippen molar-refractivity contribution in [1.82, 2.24) is 0 Å². The third-order valence-corrected chi connectivity index (χ3v) is 2.79. The summed E-state index contributed by atoms with van der Waals surface area (Å²) in [4.78, 5) is 0. The Bertz CT molecular complexity index is 138. The van der Waals surface area contributed by atoms with Gasteiger partial charge in [0.05, 0.1) is 0 Å². The normalized spacial score (nSPS) is 17.2. The highest BCUT2D eigenvalue weighted by atomic mass is 14.5. The van der Waals surface area contributed by atoms with Gasteiger partial charge in [-0.2, -0.15) is 0 Å². The van der Waals surface area contributed by atoms with Crippen LogP contribution in [0.1, 0.15) is 40.5 Å². The van der Waals surface area contributed by atoms with Gasteiger partial charge in [0.2, 0.25) is 0 Å². The summed E-state index contributed by atoms with van der Waals surface area (Å²) in [6, 6.07) is 0. The van der Waals surface area contributed by atoms with Crippen LogP contribution in [0.25, 0.3) is 0 Å². The topological polar surface area (TPSA) is 26.0 Å². The van der Waals surface area contributed by atoms with Crippen LogP contribution < -0.4 is 5.73 Å². The zero-order valence-corrected chi connectivity index (χ0v) is 8.93. The van der Waals surface area contributed by atoms with E-state index in [1.54, 1.807) is 0 Å². The minimum atomic E-state index is 0.341. The Kier molecular flexibility index (Phi) is 5.23. The first-order chi connectivity index (χ1) is 5.56. The summed E-state index contributed by atoms with van der Waals surface area (Å²) >= 11 is 0. The van der Waals surface area contributed by atoms with Gasteiger partial charge in [-0.15, -0.1) is 0 Å². The summed E-state index contributed by atoms with van der Waals surface area (Å²) in [5, 5.41) is 0. The van der Waals surface area contributed by atoms with Crippen molar-refractivity contribution in [3.8, 4) is 0 Å². The maximum Gasteiger partial charge on any atom is -0.00770 e. The quantitative estimate of drug-likeness (QED) is 0.629. The molecule has 0 fully saturated rings. The predicted octanol–water partition coefficient (Wildman–Crippen LogP) is 2.96. The SMILES string of the molecule is C/C=C/[C@](C)(CCCN)C(C)C. The summed E-state index contributed by atoms with van der Waals surface area (Å²) < 4.78 is 0. The smallest absolute Gasteiger partial charge is 0.00770 e. The molecule has 2 N–H and O–H groups in total. The Morgan fingerprint density at radius 3 is 2.33 bits per heavy atom. The van der Waals surface area contributed by atoms with Crippen LogP contribution in [-0.4, -0.2) is 6.54 Å². The second kappa shape index (κ2) is 5.36. The monoisotopic (exact) mass is 169 g/mol. The molecule has 0 amide bonds. The van der Waals surface area contributed by atoms with Crippen molar-refractivity contribution < 1.29 is 0 Å². The fraction of sp³-hybridized carbons (Fsp3) is 0.818. The Morgan fingerprint density at radius 2 is 2.00 bits per heavy atom. The van der Waals surface area contributed by atoms with Gasteiger partial charge in [0, 0.05) is 0 Å². The van der Waals surface area contributed by atoms with E-state index in [0.717, 1.165) is 13.0 Å². The number of allylic oxidation sites excluding steroid dienone is 2. The van der Waals surface area contributed by atoms with Crippen LogP contribution in [0, 0.1) is 11.3 Å². The van der Waals surface area contributed by atoms with E-state index in [1.165, 1.54) is 6.42 Å². The molecule has 0 bridgehead atoms. The zero-order valence-electron chi connectivity index (χ0n) is 8.93. The van der Waals surface area contributed by atoms with Crippen LogP contribution in [0.4, 0.5) is 0 Å². The summed E-state index contributed by atoms with van der Waals surface area (Å²) in [5.74, 6) is 0.695. The van der Waals surface area contributed by atoms with Gasteiger partial charge >= 0.3 is 0 Å². The first-order valence-electron chi connectivity index (χ1n) is 4.90. The van der Waals surface area contributed by atoms with Crippen molar-refractivity contribution in [2.45, 2.75) is 40.5 Å². The lowest BCUT2D eigenvalue weighted by molar-refractivity contribution is 0.270. The first-order valence-corrected chi connectivity index (χ1v) is 4.90. The number of hydrogen-bond acceptors (Lipinski definition) is 1. The summed E-state index contributed by atoms with van der Waals surface area (Å²) in [6.07, 6.45) is 6.79. The summed E-state index contributed by atoms with van der Waals surface area (Å²) in [5.41, 5.74) is 5.85. The van der Waals surface area contributed by atoms with Gasteiger partial charge in [-0.05, 0) is 37.6 Å². The Labute approximate surface area is 77.0 Å². The van der Waals surface area contributed by atoms with Crippen LogP contribution in [0.3, 0.4) is 0 Å². The molecule has 0 aromatic rings. The fourth-order valence-corrected chi connectivity index (χ4v) is 1.43. The van der Waals surface area contributed by atoms with E-state index in [2.05, 4.69) is 39.8 Å². The average Bonchev–Trinajstić information content (AvgIpc) is 2.01. The molecule has 1 heteroatoms. The lowest BCUT2D eigenvalue weighted by Crippen LogP contribution is -2.21. The van der Waals surface area contributed by atoms with Gasteiger partial charge in [0.15, 0.2) is 0 Å². The third-order valence-electron chi connectivity index (χ3n) is 2.79. The molecule has 0 heterocycles. The fourth-order valence-electron chi connectivity index (χ4n) is 1.43. The lowest BCUT2D eigenvalue weighted by atomic mass is 9.75. The number of hydrogen-bond donors (Lipinski definition) is 1. The molecule has 0 aromatic heterocycles. The molecule has 72 valence electrons. The highest BCUT2D eigenvalue weighted by Crippen LogP contribution is 2.33. The number of nitrogens with two attached hydrogens (primary N) is 1. The molecular weight excluding hydrogens is 146 g/mol. The van der Waals surface area contributed by atoms with E-state index in [1.807, 2.05) is 0 Å². The highest BCUT2D eigenvalue weighted by Gasteiger charge is 2.23. The van der Waals surface area contributed by atoms with E-state index in [4.69, 9.17) is 5.73 Å². The highest BCUT2D eigenvalue weighted by molar-refractivity contribution is 4.97. The Balaban J connectivity index is 4.18. The van der Waals surface area contributed by atoms with Crippen LogP contribution in [0.5, 0.6) is 0 Å². The van der Waals surface area contributed by atoms with Crippen LogP contribution >= 0.6 is 0 Å². The molecule has 0 unspecified atom stereocenters. The predicted molar refractivity (Wildman–Crippen MR) is 56.0 cm³/mol. The molecule has 0 radical (unpaired) electrons. The molecule has 0 spiro atoms. The van der Waals surface area contributed by atoms with Crippen molar-refractivity contribution in [3.63, 3.8) is 0 Å². The standard InChI is InChI=1S/C11H23N/c1-5-7-11(4,10(2)3)8-6-9-12/h5,7,10H,6,8-9,12H2,1-4H3/b7-5+/t11-/m1/s1. The van der Waals surface area contributed by atoms with Crippen molar-refractivity contribution in [2.75, 3.05) is 6.54 Å². The van der Waals surface area contributed by atoms with E-state index in [-0.39, 0.29) is 0 Å². The molecule has 0 saturated heterocycles. The summed E-state index contributed by atoms with van der Waals surface area (Å²) in [7, 11) is 0. The molecule has 0 aromatic carbocycles. The van der Waals surface area contributed by atoms with E-state index < -0.39 is 0 Å². The van der Waals surface area contributed by atoms with Gasteiger partial charge in [0.25, 0.3) is 0 Å². The second-order valence-electron chi connectivity index (χ2n) is 4.05. The lowest BCUT2D eigenvalue weighted by Gasteiger charge is -2.30. The van der Waals surface area contributed by atoms with E-state index >= 15 is 0 Å². The second-order valence-corrected chi connectivity index (χ2v) is 4.05. The first kappa shape index (κ1) is 11.7. The molecule has 0 rings (SSSR count). The minimum absolute atomic E-state index is 0.341. The average molecular weight is 169 g/mol. The van der Waals surface area contributed by atoms with Crippen molar-refractivity contribution in [3.05, 3.63) is 12.2 Å². The molecule has 0 aliphatic rings. The molecule has 1 atom stereocenters. The van der Waals surface area contributed by atoms with Gasteiger partial charge in [-0.3, -0.25) is 0 Å². The number of rotatable bonds is 5. The van der Waals surface area contributed by atoms with E-state index in [0.29, 0.717) is 11.3 Å². The maximum atomic E-state index is 5.51. The minimum Gasteiger partial charge on any atom is -0.330 e. The van der Waals surface area contributed by atoms with Gasteiger partial charge in [0.1, 0.15) is 0 Å². The van der Waals surface area contributed by atoms with Gasteiger partial charge in [-0.1, -0.05) is 32.9 Å². The zero-order chi connectivity index (χ0) is 9.61. The Morgan fingerprint density at radius 1 is 1.42 bits per heavy atom.